The van der Waals surface area contributed by atoms with Crippen LogP contribution in [0, 0.1) is 6.92 Å². The van der Waals surface area contributed by atoms with E-state index in [4.69, 9.17) is 4.74 Å². The molecule has 0 bridgehead atoms. The Balaban J connectivity index is 1.40. The molecule has 8 nitrogen and oxygen atoms in total. The number of carbonyl (C=O) groups is 1. The zero-order chi connectivity index (χ0) is 20.2. The Morgan fingerprint density at radius 3 is 2.76 bits per heavy atom. The molecule has 0 spiro atoms. The Morgan fingerprint density at radius 1 is 1.17 bits per heavy atom. The van der Waals surface area contributed by atoms with Gasteiger partial charge in [0, 0.05) is 30.9 Å². The van der Waals surface area contributed by atoms with Gasteiger partial charge in [0.05, 0.1) is 25.1 Å². The van der Waals surface area contributed by atoms with Gasteiger partial charge in [-0.2, -0.15) is 0 Å². The molecular formula is C21H23N5O3. The van der Waals surface area contributed by atoms with Crippen molar-refractivity contribution < 1.29 is 9.53 Å². The summed E-state index contributed by atoms with van der Waals surface area (Å²) in [4.78, 5) is 27.1. The molecule has 0 saturated carbocycles. The number of morpholine rings is 1. The summed E-state index contributed by atoms with van der Waals surface area (Å²) in [6, 6.07) is 13.0. The lowest BCUT2D eigenvalue weighted by Gasteiger charge is -2.29. The van der Waals surface area contributed by atoms with E-state index in [0.29, 0.717) is 10.9 Å². The van der Waals surface area contributed by atoms with Crippen LogP contribution in [0.1, 0.15) is 12.0 Å². The van der Waals surface area contributed by atoms with Crippen LogP contribution >= 0.6 is 0 Å². The minimum Gasteiger partial charge on any atom is -0.378 e. The molecule has 0 aliphatic carbocycles. The summed E-state index contributed by atoms with van der Waals surface area (Å²) in [5.74, 6) is -0.172. The molecule has 8 heteroatoms. The Labute approximate surface area is 168 Å². The number of nitrogens with zero attached hydrogens (tertiary/aromatic N) is 4. The number of aromatic nitrogens is 3. The van der Waals surface area contributed by atoms with Crippen LogP contribution in [0.5, 0.6) is 0 Å². The van der Waals surface area contributed by atoms with Gasteiger partial charge in [-0.1, -0.05) is 17.3 Å². The van der Waals surface area contributed by atoms with Crippen molar-refractivity contribution in [2.45, 2.75) is 19.9 Å². The third-order valence-corrected chi connectivity index (χ3v) is 5.04. The number of hydrogen-bond acceptors (Lipinski definition) is 6. The molecule has 1 fully saturated rings. The van der Waals surface area contributed by atoms with Crippen molar-refractivity contribution in [2.24, 2.45) is 0 Å². The number of benzene rings is 2. The van der Waals surface area contributed by atoms with E-state index in [1.54, 1.807) is 24.3 Å². The van der Waals surface area contributed by atoms with Gasteiger partial charge in [-0.25, -0.2) is 4.68 Å². The molecule has 3 aromatic rings. The molecule has 0 atom stereocenters. The van der Waals surface area contributed by atoms with Crippen LogP contribution in [0.2, 0.25) is 0 Å². The molecule has 1 amide bonds. The number of amides is 1. The van der Waals surface area contributed by atoms with Crippen LogP contribution in [0.4, 0.5) is 11.4 Å². The topological polar surface area (TPSA) is 89.3 Å². The number of rotatable bonds is 5. The molecule has 2 aromatic carbocycles. The highest BCUT2D eigenvalue weighted by Gasteiger charge is 2.13. The minimum absolute atomic E-state index is 0.136. The molecule has 4 rings (SSSR count). The van der Waals surface area contributed by atoms with Gasteiger partial charge in [-0.15, -0.1) is 5.10 Å². The average Bonchev–Trinajstić information content (AvgIpc) is 2.75. The van der Waals surface area contributed by atoms with E-state index in [1.807, 2.05) is 19.1 Å². The molecule has 1 aliphatic heterocycles. The highest BCUT2D eigenvalue weighted by Crippen LogP contribution is 2.23. The molecule has 1 saturated heterocycles. The second kappa shape index (κ2) is 8.40. The van der Waals surface area contributed by atoms with E-state index in [-0.39, 0.29) is 24.4 Å². The fourth-order valence-electron chi connectivity index (χ4n) is 3.40. The van der Waals surface area contributed by atoms with Crippen molar-refractivity contribution in [3.05, 3.63) is 58.4 Å². The van der Waals surface area contributed by atoms with Gasteiger partial charge in [0.15, 0.2) is 0 Å². The summed E-state index contributed by atoms with van der Waals surface area (Å²) in [6.45, 7) is 5.34. The maximum atomic E-state index is 12.5. The Kier molecular flexibility index (Phi) is 5.53. The van der Waals surface area contributed by atoms with Crippen molar-refractivity contribution in [3.63, 3.8) is 0 Å². The highest BCUT2D eigenvalue weighted by atomic mass is 16.5. The maximum absolute atomic E-state index is 12.5. The van der Waals surface area contributed by atoms with E-state index >= 15 is 0 Å². The van der Waals surface area contributed by atoms with Crippen LogP contribution in [0.3, 0.4) is 0 Å². The van der Waals surface area contributed by atoms with Crippen LogP contribution in [-0.4, -0.2) is 47.2 Å². The fraction of sp³-hybridized carbons (Fsp3) is 0.333. The zero-order valence-corrected chi connectivity index (χ0v) is 16.3. The van der Waals surface area contributed by atoms with Crippen molar-refractivity contribution in [1.29, 1.82) is 0 Å². The van der Waals surface area contributed by atoms with E-state index < -0.39 is 0 Å². The van der Waals surface area contributed by atoms with Gasteiger partial charge in [-0.05, 0) is 42.8 Å². The van der Waals surface area contributed by atoms with E-state index in [1.165, 1.54) is 4.68 Å². The lowest BCUT2D eigenvalue weighted by Crippen LogP contribution is -2.36. The minimum atomic E-state index is -0.241. The van der Waals surface area contributed by atoms with Gasteiger partial charge >= 0.3 is 0 Å². The molecule has 1 aliphatic rings. The zero-order valence-electron chi connectivity index (χ0n) is 16.3. The van der Waals surface area contributed by atoms with Gasteiger partial charge in [0.25, 0.3) is 5.56 Å². The SMILES string of the molecule is Cc1cc(N2CCOCC2)ccc1NC(=O)CCn1nnc2ccccc2c1=O. The quantitative estimate of drug-likeness (QED) is 0.713. The van der Waals surface area contributed by atoms with E-state index in [9.17, 15) is 9.59 Å². The first-order chi connectivity index (χ1) is 14.1. The fourth-order valence-corrected chi connectivity index (χ4v) is 3.40. The normalized spacial score (nSPS) is 14.2. The summed E-state index contributed by atoms with van der Waals surface area (Å²) < 4.78 is 6.62. The molecule has 1 N–H and O–H groups in total. The van der Waals surface area contributed by atoms with Gasteiger partial charge in [-0.3, -0.25) is 9.59 Å². The first kappa shape index (κ1) is 19.1. The molecule has 29 heavy (non-hydrogen) atoms. The van der Waals surface area contributed by atoms with Crippen LogP contribution < -0.4 is 15.8 Å². The van der Waals surface area contributed by atoms with E-state index in [2.05, 4.69) is 26.6 Å². The number of hydrogen-bond donors (Lipinski definition) is 1. The van der Waals surface area contributed by atoms with Crippen molar-refractivity contribution in [3.8, 4) is 0 Å². The smallest absolute Gasteiger partial charge is 0.277 e. The first-order valence-corrected chi connectivity index (χ1v) is 9.67. The molecule has 150 valence electrons. The third-order valence-electron chi connectivity index (χ3n) is 5.04. The average molecular weight is 393 g/mol. The predicted octanol–water partition coefficient (Wildman–Crippen LogP) is 1.97. The number of aryl methyl sites for hydroxylation is 2. The summed E-state index contributed by atoms with van der Waals surface area (Å²) in [6.07, 6.45) is 0.136. The standard InChI is InChI=1S/C21H23N5O3/c1-15-14-16(25-10-12-29-13-11-25)6-7-18(15)22-20(27)8-9-26-21(28)17-4-2-3-5-19(17)23-24-26/h2-7,14H,8-13H2,1H3,(H,22,27). The highest BCUT2D eigenvalue weighted by molar-refractivity contribution is 5.91. The number of anilines is 2. The summed E-state index contributed by atoms with van der Waals surface area (Å²) in [5, 5.41) is 11.4. The molecule has 0 unspecified atom stereocenters. The molecule has 1 aromatic heterocycles. The van der Waals surface area contributed by atoms with Crippen molar-refractivity contribution in [1.82, 2.24) is 15.0 Å². The maximum Gasteiger partial charge on any atom is 0.277 e. The number of carbonyl (C=O) groups excluding carboxylic acids is 1. The van der Waals surface area contributed by atoms with Gasteiger partial charge in [0.1, 0.15) is 5.52 Å². The second-order valence-corrected chi connectivity index (χ2v) is 7.03. The van der Waals surface area contributed by atoms with Gasteiger partial charge < -0.3 is 15.0 Å². The monoisotopic (exact) mass is 393 g/mol. The first-order valence-electron chi connectivity index (χ1n) is 9.67. The van der Waals surface area contributed by atoms with Crippen LogP contribution in [-0.2, 0) is 16.1 Å². The molecule has 2 heterocycles. The van der Waals surface area contributed by atoms with Crippen molar-refractivity contribution in [2.75, 3.05) is 36.5 Å². The molecular weight excluding hydrogens is 370 g/mol. The summed E-state index contributed by atoms with van der Waals surface area (Å²) in [7, 11) is 0. The second-order valence-electron chi connectivity index (χ2n) is 7.03. The lowest BCUT2D eigenvalue weighted by atomic mass is 10.1. The Hall–Kier alpha value is -3.26. The Bertz CT molecular complexity index is 1090. The van der Waals surface area contributed by atoms with Crippen molar-refractivity contribution >= 4 is 28.2 Å². The molecule has 0 radical (unpaired) electrons. The summed E-state index contributed by atoms with van der Waals surface area (Å²) >= 11 is 0. The summed E-state index contributed by atoms with van der Waals surface area (Å²) in [5.41, 5.74) is 3.19. The van der Waals surface area contributed by atoms with E-state index in [0.717, 1.165) is 43.2 Å². The lowest BCUT2D eigenvalue weighted by molar-refractivity contribution is -0.116. The Morgan fingerprint density at radius 2 is 1.97 bits per heavy atom. The number of ether oxygens (including phenoxy) is 1. The number of nitrogens with one attached hydrogen (secondary N) is 1. The third kappa shape index (κ3) is 4.27. The number of fused-ring (bicyclic) bond motifs is 1. The van der Waals surface area contributed by atoms with Crippen LogP contribution in [0.15, 0.2) is 47.3 Å². The largest absolute Gasteiger partial charge is 0.378 e. The predicted molar refractivity (Wildman–Crippen MR) is 111 cm³/mol. The van der Waals surface area contributed by atoms with Gasteiger partial charge in [0.2, 0.25) is 5.91 Å². The van der Waals surface area contributed by atoms with Crippen LogP contribution in [0.25, 0.3) is 10.9 Å².